The topological polar surface area (TPSA) is 118 Å². The number of nitrogens with one attached hydrogen (secondary N) is 1. The maximum Gasteiger partial charge on any atom is 0.328 e. The van der Waals surface area contributed by atoms with Crippen LogP contribution in [-0.2, 0) is 4.57 Å². The van der Waals surface area contributed by atoms with E-state index in [0.29, 0.717) is 35.3 Å². The number of anilines is 1. The first-order valence-electron chi connectivity index (χ1n) is 10.4. The molecule has 0 radical (unpaired) electrons. The first-order valence-corrected chi connectivity index (χ1v) is 12.5. The number of halogens is 1. The van der Waals surface area contributed by atoms with Gasteiger partial charge in [-0.3, -0.25) is 4.57 Å². The van der Waals surface area contributed by atoms with Crippen molar-refractivity contribution in [2.24, 2.45) is 0 Å². The minimum absolute atomic E-state index is 0.0220. The SMILES string of the molecule is CC(C)Oc1ccc(-c2noc(-c3ccc(N[C@@H]4CC[C@H](P(=O)(O)O)C4)cc3)n2)cc1Cl. The molecule has 3 aromatic rings. The molecule has 1 fully saturated rings. The van der Waals surface area contributed by atoms with Gasteiger partial charge in [-0.1, -0.05) is 16.8 Å². The van der Waals surface area contributed by atoms with Gasteiger partial charge in [0.25, 0.3) is 5.89 Å². The first-order chi connectivity index (χ1) is 15.2. The summed E-state index contributed by atoms with van der Waals surface area (Å²) in [4.78, 5) is 23.2. The monoisotopic (exact) mass is 477 g/mol. The molecule has 10 heteroatoms. The molecule has 170 valence electrons. The summed E-state index contributed by atoms with van der Waals surface area (Å²) < 4.78 is 22.5. The summed E-state index contributed by atoms with van der Waals surface area (Å²) in [6, 6.07) is 12.9. The molecule has 1 aliphatic rings. The van der Waals surface area contributed by atoms with Crippen molar-refractivity contribution in [3.8, 4) is 28.6 Å². The van der Waals surface area contributed by atoms with Crippen LogP contribution in [-0.4, -0.2) is 37.7 Å². The van der Waals surface area contributed by atoms with Crippen molar-refractivity contribution in [2.45, 2.75) is 50.9 Å². The van der Waals surface area contributed by atoms with Crippen molar-refractivity contribution in [3.05, 3.63) is 47.5 Å². The van der Waals surface area contributed by atoms with Crippen molar-refractivity contribution < 1.29 is 23.6 Å². The summed E-state index contributed by atoms with van der Waals surface area (Å²) in [6.07, 6.45) is 1.74. The highest BCUT2D eigenvalue weighted by atomic mass is 35.5. The number of hydrogen-bond donors (Lipinski definition) is 3. The third kappa shape index (κ3) is 5.33. The maximum absolute atomic E-state index is 11.4. The molecule has 0 spiro atoms. The van der Waals surface area contributed by atoms with E-state index in [1.807, 2.05) is 44.2 Å². The lowest BCUT2D eigenvalue weighted by molar-refractivity contribution is 0.242. The van der Waals surface area contributed by atoms with Crippen LogP contribution in [0.5, 0.6) is 5.75 Å². The number of nitrogens with zero attached hydrogens (tertiary/aromatic N) is 2. The lowest BCUT2D eigenvalue weighted by atomic mass is 10.1. The minimum atomic E-state index is -4.02. The Balaban J connectivity index is 1.43. The summed E-state index contributed by atoms with van der Waals surface area (Å²) in [5.41, 5.74) is 1.80. The molecule has 2 atom stereocenters. The Kier molecular flexibility index (Phi) is 6.58. The zero-order valence-electron chi connectivity index (χ0n) is 17.7. The van der Waals surface area contributed by atoms with Crippen LogP contribution in [0.4, 0.5) is 5.69 Å². The number of rotatable bonds is 7. The van der Waals surface area contributed by atoms with E-state index in [9.17, 15) is 14.4 Å². The normalized spacial score (nSPS) is 18.8. The van der Waals surface area contributed by atoms with Crippen molar-refractivity contribution in [3.63, 3.8) is 0 Å². The fourth-order valence-corrected chi connectivity index (χ4v) is 5.03. The predicted molar refractivity (Wildman–Crippen MR) is 123 cm³/mol. The van der Waals surface area contributed by atoms with Gasteiger partial charge in [-0.15, -0.1) is 0 Å². The van der Waals surface area contributed by atoms with Gasteiger partial charge in [-0.25, -0.2) is 0 Å². The van der Waals surface area contributed by atoms with E-state index in [1.54, 1.807) is 12.1 Å². The first kappa shape index (κ1) is 22.8. The highest BCUT2D eigenvalue weighted by Gasteiger charge is 2.36. The molecule has 1 aliphatic carbocycles. The van der Waals surface area contributed by atoms with Crippen LogP contribution in [0.15, 0.2) is 47.0 Å². The lowest BCUT2D eigenvalue weighted by Gasteiger charge is -2.15. The predicted octanol–water partition coefficient (Wildman–Crippen LogP) is 5.35. The smallest absolute Gasteiger partial charge is 0.328 e. The van der Waals surface area contributed by atoms with E-state index in [0.717, 1.165) is 23.2 Å². The van der Waals surface area contributed by atoms with Crippen molar-refractivity contribution >= 4 is 24.9 Å². The Labute approximate surface area is 191 Å². The largest absolute Gasteiger partial charge is 0.489 e. The second kappa shape index (κ2) is 9.24. The van der Waals surface area contributed by atoms with E-state index in [1.165, 1.54) is 0 Å². The minimum Gasteiger partial charge on any atom is -0.489 e. The highest BCUT2D eigenvalue weighted by molar-refractivity contribution is 7.52. The molecule has 0 amide bonds. The summed E-state index contributed by atoms with van der Waals surface area (Å²) in [5.74, 6) is 1.41. The van der Waals surface area contributed by atoms with Crippen LogP contribution < -0.4 is 10.1 Å². The van der Waals surface area contributed by atoms with E-state index in [-0.39, 0.29) is 12.1 Å². The molecule has 0 saturated heterocycles. The van der Waals surface area contributed by atoms with Gasteiger partial charge in [-0.2, -0.15) is 4.98 Å². The van der Waals surface area contributed by atoms with Crippen LogP contribution in [0.25, 0.3) is 22.8 Å². The average Bonchev–Trinajstić information content (AvgIpc) is 3.40. The van der Waals surface area contributed by atoms with Crippen LogP contribution in [0.3, 0.4) is 0 Å². The number of aromatic nitrogens is 2. The standard InChI is InChI=1S/C22H25ClN3O5P/c1-13(2)30-20-10-5-15(11-19(20)23)21-25-22(31-26-21)14-3-6-16(7-4-14)24-17-8-9-18(12-17)32(27,28)29/h3-7,10-11,13,17-18,24H,8-9,12H2,1-2H3,(H2,27,28,29)/t17-,18+/m1/s1. The third-order valence-corrected chi connectivity index (χ3v) is 7.08. The van der Waals surface area contributed by atoms with E-state index >= 15 is 0 Å². The molecule has 32 heavy (non-hydrogen) atoms. The summed E-state index contributed by atoms with van der Waals surface area (Å²) in [6.45, 7) is 3.87. The molecule has 2 aromatic carbocycles. The van der Waals surface area contributed by atoms with Crippen LogP contribution >= 0.6 is 19.2 Å². The molecule has 0 aliphatic heterocycles. The van der Waals surface area contributed by atoms with Gasteiger partial charge in [0.05, 0.1) is 16.8 Å². The molecule has 4 rings (SSSR count). The van der Waals surface area contributed by atoms with Crippen LogP contribution in [0.2, 0.25) is 5.02 Å². The van der Waals surface area contributed by atoms with Crippen molar-refractivity contribution in [1.82, 2.24) is 10.1 Å². The van der Waals surface area contributed by atoms with Gasteiger partial charge in [0.15, 0.2) is 0 Å². The molecular formula is C22H25ClN3O5P. The van der Waals surface area contributed by atoms with Gasteiger partial charge >= 0.3 is 7.60 Å². The van der Waals surface area contributed by atoms with E-state index in [4.69, 9.17) is 20.9 Å². The summed E-state index contributed by atoms with van der Waals surface area (Å²) in [5, 5.41) is 7.88. The fourth-order valence-electron chi connectivity index (χ4n) is 3.79. The molecule has 1 heterocycles. The Morgan fingerprint density at radius 2 is 1.88 bits per heavy atom. The van der Waals surface area contributed by atoms with E-state index in [2.05, 4.69) is 15.5 Å². The molecule has 1 saturated carbocycles. The van der Waals surface area contributed by atoms with Gasteiger partial charge < -0.3 is 24.4 Å². The van der Waals surface area contributed by atoms with Crippen molar-refractivity contribution in [2.75, 3.05) is 5.32 Å². The van der Waals surface area contributed by atoms with E-state index < -0.39 is 13.3 Å². The van der Waals surface area contributed by atoms with Gasteiger partial charge in [0.1, 0.15) is 5.75 Å². The zero-order chi connectivity index (χ0) is 22.9. The second-order valence-electron chi connectivity index (χ2n) is 8.21. The second-order valence-corrected chi connectivity index (χ2v) is 10.5. The third-order valence-electron chi connectivity index (χ3n) is 5.36. The van der Waals surface area contributed by atoms with Crippen LogP contribution in [0, 0.1) is 0 Å². The Bertz CT molecular complexity index is 1130. The summed E-state index contributed by atoms with van der Waals surface area (Å²) in [7, 11) is -4.02. The average molecular weight is 478 g/mol. The molecule has 0 bridgehead atoms. The Hall–Kier alpha value is -2.38. The molecule has 0 unspecified atom stereocenters. The Morgan fingerprint density at radius 3 is 2.50 bits per heavy atom. The van der Waals surface area contributed by atoms with Gasteiger partial charge in [0, 0.05) is 22.9 Å². The maximum atomic E-state index is 11.4. The Morgan fingerprint density at radius 1 is 1.16 bits per heavy atom. The number of hydrogen-bond acceptors (Lipinski definition) is 6. The van der Waals surface area contributed by atoms with Crippen molar-refractivity contribution in [1.29, 1.82) is 0 Å². The highest BCUT2D eigenvalue weighted by Crippen LogP contribution is 2.49. The van der Waals surface area contributed by atoms with Gasteiger partial charge in [0.2, 0.25) is 5.82 Å². The molecule has 1 aromatic heterocycles. The quantitative estimate of drug-likeness (QED) is 0.389. The summed E-state index contributed by atoms with van der Waals surface area (Å²) >= 11 is 6.31. The molecular weight excluding hydrogens is 453 g/mol. The number of benzene rings is 2. The molecule has 8 nitrogen and oxygen atoms in total. The number of ether oxygens (including phenoxy) is 1. The fraction of sp³-hybridized carbons (Fsp3) is 0.364. The molecule has 3 N–H and O–H groups in total. The van der Waals surface area contributed by atoms with Gasteiger partial charge in [-0.05, 0) is 75.6 Å². The zero-order valence-corrected chi connectivity index (χ0v) is 19.4. The lowest BCUT2D eigenvalue weighted by Crippen LogP contribution is -2.16. The van der Waals surface area contributed by atoms with Crippen LogP contribution in [0.1, 0.15) is 33.1 Å².